The van der Waals surface area contributed by atoms with E-state index >= 15 is 0 Å². The van der Waals surface area contributed by atoms with Crippen LogP contribution >= 0.6 is 0 Å². The molecule has 0 heterocycles. The average molecular weight is 268 g/mol. The molecule has 2 aromatic carbocycles. The fourth-order valence-corrected chi connectivity index (χ4v) is 2.42. The molecule has 0 aliphatic carbocycles. The van der Waals surface area contributed by atoms with Gasteiger partial charge >= 0.3 is 0 Å². The molecule has 0 amide bonds. The lowest BCUT2D eigenvalue weighted by Gasteiger charge is -2.24. The number of nitrogens with zero attached hydrogens (tertiary/aromatic N) is 1. The molecule has 0 spiro atoms. The number of hydrogen-bond acceptors (Lipinski definition) is 2. The van der Waals surface area contributed by atoms with Crippen molar-refractivity contribution in [3.8, 4) is 0 Å². The third-order valence-corrected chi connectivity index (χ3v) is 3.26. The van der Waals surface area contributed by atoms with Crippen molar-refractivity contribution in [3.05, 3.63) is 65.7 Å². The predicted octanol–water partition coefficient (Wildman–Crippen LogP) is 3.93. The average Bonchev–Trinajstić information content (AvgIpc) is 2.42. The Kier molecular flexibility index (Phi) is 5.19. The molecule has 2 N–H and O–H groups in total. The van der Waals surface area contributed by atoms with E-state index in [1.54, 1.807) is 0 Å². The van der Waals surface area contributed by atoms with E-state index in [4.69, 9.17) is 5.73 Å². The fraction of sp³-hybridized carbons (Fsp3) is 0.333. The normalized spacial score (nSPS) is 11.2. The molecule has 2 rings (SSSR count). The third-order valence-electron chi connectivity index (χ3n) is 3.26. The molecule has 0 bridgehead atoms. The molecular formula is C18H24N2. The Bertz CT molecular complexity index is 503. The quantitative estimate of drug-likeness (QED) is 0.804. The van der Waals surface area contributed by atoms with Gasteiger partial charge in [0.05, 0.1) is 0 Å². The van der Waals surface area contributed by atoms with E-state index < -0.39 is 0 Å². The summed E-state index contributed by atoms with van der Waals surface area (Å²) in [7, 11) is 0. The third kappa shape index (κ3) is 4.71. The summed E-state index contributed by atoms with van der Waals surface area (Å²) in [6.45, 7) is 7.58. The minimum atomic E-state index is 0.660. The zero-order chi connectivity index (χ0) is 14.4. The van der Waals surface area contributed by atoms with Gasteiger partial charge in [0.15, 0.2) is 0 Å². The van der Waals surface area contributed by atoms with Crippen LogP contribution in [0.25, 0.3) is 0 Å². The molecule has 2 aromatic rings. The Hall–Kier alpha value is -1.80. The van der Waals surface area contributed by atoms with Crippen molar-refractivity contribution in [2.45, 2.75) is 26.9 Å². The van der Waals surface area contributed by atoms with E-state index in [2.05, 4.69) is 61.2 Å². The first-order chi connectivity index (χ1) is 9.63. The van der Waals surface area contributed by atoms with Gasteiger partial charge in [0, 0.05) is 25.3 Å². The van der Waals surface area contributed by atoms with E-state index in [1.807, 2.05) is 12.1 Å². The van der Waals surface area contributed by atoms with Gasteiger partial charge in [0.1, 0.15) is 0 Å². The number of nitrogens with two attached hydrogens (primary N) is 1. The number of anilines is 1. The molecule has 0 radical (unpaired) electrons. The molecule has 0 atom stereocenters. The van der Waals surface area contributed by atoms with E-state index in [0.29, 0.717) is 5.92 Å². The van der Waals surface area contributed by atoms with Crippen LogP contribution in [0.1, 0.15) is 25.0 Å². The van der Waals surface area contributed by atoms with Crippen LogP contribution in [0.3, 0.4) is 0 Å². The summed E-state index contributed by atoms with van der Waals surface area (Å²) in [4.78, 5) is 2.49. The Morgan fingerprint density at radius 2 is 1.40 bits per heavy atom. The van der Waals surface area contributed by atoms with E-state index in [0.717, 1.165) is 25.3 Å². The van der Waals surface area contributed by atoms with Gasteiger partial charge in [-0.1, -0.05) is 56.3 Å². The molecule has 0 saturated carbocycles. The van der Waals surface area contributed by atoms with E-state index in [9.17, 15) is 0 Å². The van der Waals surface area contributed by atoms with Gasteiger partial charge in [-0.15, -0.1) is 0 Å². The van der Waals surface area contributed by atoms with Crippen LogP contribution in [0.4, 0.5) is 5.69 Å². The molecule has 106 valence electrons. The highest BCUT2D eigenvalue weighted by Gasteiger charge is 2.09. The molecule has 0 saturated heterocycles. The van der Waals surface area contributed by atoms with Gasteiger partial charge < -0.3 is 5.73 Å². The lowest BCUT2D eigenvalue weighted by molar-refractivity contribution is 0.227. The number of hydrogen-bond donors (Lipinski definition) is 1. The summed E-state index contributed by atoms with van der Waals surface area (Å²) < 4.78 is 0. The van der Waals surface area contributed by atoms with Crippen molar-refractivity contribution in [1.29, 1.82) is 0 Å². The summed E-state index contributed by atoms with van der Waals surface area (Å²) in [5, 5.41) is 0. The van der Waals surface area contributed by atoms with Crippen molar-refractivity contribution in [2.75, 3.05) is 12.3 Å². The first kappa shape index (κ1) is 14.6. The lowest BCUT2D eigenvalue weighted by atomic mass is 10.1. The molecule has 20 heavy (non-hydrogen) atoms. The summed E-state index contributed by atoms with van der Waals surface area (Å²) >= 11 is 0. The number of rotatable bonds is 6. The van der Waals surface area contributed by atoms with Gasteiger partial charge in [-0.05, 0) is 29.2 Å². The fourth-order valence-electron chi connectivity index (χ4n) is 2.42. The van der Waals surface area contributed by atoms with Crippen LogP contribution in [0.15, 0.2) is 54.6 Å². The van der Waals surface area contributed by atoms with Gasteiger partial charge in [-0.3, -0.25) is 4.90 Å². The van der Waals surface area contributed by atoms with Gasteiger partial charge in [-0.2, -0.15) is 0 Å². The monoisotopic (exact) mass is 268 g/mol. The van der Waals surface area contributed by atoms with E-state index in [-0.39, 0.29) is 0 Å². The van der Waals surface area contributed by atoms with Crippen molar-refractivity contribution in [2.24, 2.45) is 5.92 Å². The van der Waals surface area contributed by atoms with Crippen molar-refractivity contribution >= 4 is 5.69 Å². The van der Waals surface area contributed by atoms with Gasteiger partial charge in [0.2, 0.25) is 0 Å². The first-order valence-electron chi connectivity index (χ1n) is 7.24. The van der Waals surface area contributed by atoms with E-state index in [1.165, 1.54) is 11.1 Å². The maximum absolute atomic E-state index is 5.75. The highest BCUT2D eigenvalue weighted by molar-refractivity contribution is 5.39. The van der Waals surface area contributed by atoms with Crippen molar-refractivity contribution < 1.29 is 0 Å². The molecule has 2 nitrogen and oxygen atoms in total. The maximum Gasteiger partial charge on any atom is 0.0314 e. The van der Waals surface area contributed by atoms with Gasteiger partial charge in [-0.25, -0.2) is 0 Å². The van der Waals surface area contributed by atoms with Crippen LogP contribution in [-0.2, 0) is 13.1 Å². The minimum absolute atomic E-state index is 0.660. The Labute approximate surface area is 122 Å². The SMILES string of the molecule is CC(C)CN(Cc1ccccc1)Cc1ccc(N)cc1. The topological polar surface area (TPSA) is 29.3 Å². The van der Waals surface area contributed by atoms with Crippen LogP contribution in [0.2, 0.25) is 0 Å². The molecular weight excluding hydrogens is 244 g/mol. The molecule has 0 unspecified atom stereocenters. The Morgan fingerprint density at radius 1 is 0.850 bits per heavy atom. The second-order valence-electron chi connectivity index (χ2n) is 5.79. The Balaban J connectivity index is 2.05. The summed E-state index contributed by atoms with van der Waals surface area (Å²) in [5.74, 6) is 0.660. The highest BCUT2D eigenvalue weighted by atomic mass is 15.1. The summed E-state index contributed by atoms with van der Waals surface area (Å²) in [5.41, 5.74) is 9.25. The minimum Gasteiger partial charge on any atom is -0.399 e. The van der Waals surface area contributed by atoms with Crippen LogP contribution in [0.5, 0.6) is 0 Å². The standard InChI is InChI=1S/C18H24N2/c1-15(2)12-20(13-16-6-4-3-5-7-16)14-17-8-10-18(19)11-9-17/h3-11,15H,12-14,19H2,1-2H3. The Morgan fingerprint density at radius 3 is 1.95 bits per heavy atom. The summed E-state index contributed by atoms with van der Waals surface area (Å²) in [6.07, 6.45) is 0. The second-order valence-corrected chi connectivity index (χ2v) is 5.79. The van der Waals surface area contributed by atoms with Crippen LogP contribution in [0, 0.1) is 5.92 Å². The molecule has 2 heteroatoms. The molecule has 0 fully saturated rings. The summed E-state index contributed by atoms with van der Waals surface area (Å²) in [6, 6.07) is 18.8. The second kappa shape index (κ2) is 7.11. The predicted molar refractivity (Wildman–Crippen MR) is 86.2 cm³/mol. The number of benzene rings is 2. The zero-order valence-corrected chi connectivity index (χ0v) is 12.4. The smallest absolute Gasteiger partial charge is 0.0314 e. The van der Waals surface area contributed by atoms with Gasteiger partial charge in [0.25, 0.3) is 0 Å². The molecule has 0 aromatic heterocycles. The maximum atomic E-state index is 5.75. The largest absolute Gasteiger partial charge is 0.399 e. The lowest BCUT2D eigenvalue weighted by Crippen LogP contribution is -2.27. The number of nitrogen functional groups attached to an aromatic ring is 1. The molecule has 0 aliphatic heterocycles. The molecule has 0 aliphatic rings. The van der Waals surface area contributed by atoms with Crippen LogP contribution in [-0.4, -0.2) is 11.4 Å². The van der Waals surface area contributed by atoms with Crippen molar-refractivity contribution in [1.82, 2.24) is 4.90 Å². The van der Waals surface area contributed by atoms with Crippen LogP contribution < -0.4 is 5.73 Å². The zero-order valence-electron chi connectivity index (χ0n) is 12.4. The van der Waals surface area contributed by atoms with Crippen molar-refractivity contribution in [3.63, 3.8) is 0 Å². The highest BCUT2D eigenvalue weighted by Crippen LogP contribution is 2.13. The first-order valence-corrected chi connectivity index (χ1v) is 7.24.